The molecule has 3 rings (SSSR count). The largest absolute Gasteiger partial charge is 0.490 e. The Labute approximate surface area is 131 Å². The van der Waals surface area contributed by atoms with Crippen LogP contribution in [0.15, 0.2) is 18.2 Å². The Kier molecular flexibility index (Phi) is 4.64. The van der Waals surface area contributed by atoms with E-state index in [0.29, 0.717) is 19.6 Å². The summed E-state index contributed by atoms with van der Waals surface area (Å²) in [6.07, 6.45) is 2.09. The molecule has 5 heteroatoms. The number of carbonyl (C=O) groups is 1. The number of hydrogen-bond donors (Lipinski definition) is 2. The number of piperidine rings is 1. The van der Waals surface area contributed by atoms with Crippen molar-refractivity contribution in [1.82, 2.24) is 5.32 Å². The topological polar surface area (TPSA) is 61.8 Å². The summed E-state index contributed by atoms with van der Waals surface area (Å²) in [6.45, 7) is 4.83. The summed E-state index contributed by atoms with van der Waals surface area (Å²) < 4.78 is 5.64. The van der Waals surface area contributed by atoms with Crippen LogP contribution >= 0.6 is 0 Å². The molecule has 0 saturated carbocycles. The lowest BCUT2D eigenvalue weighted by molar-refractivity contribution is -0.118. The van der Waals surface area contributed by atoms with E-state index in [-0.39, 0.29) is 11.8 Å². The third-order valence-corrected chi connectivity index (χ3v) is 4.57. The number of nitrogens with one attached hydrogen (secondary N) is 1. The highest BCUT2D eigenvalue weighted by atomic mass is 16.5. The molecule has 2 N–H and O–H groups in total. The summed E-state index contributed by atoms with van der Waals surface area (Å²) in [6, 6.07) is 5.71. The fourth-order valence-corrected chi connectivity index (χ4v) is 3.29. The lowest BCUT2D eigenvalue weighted by Crippen LogP contribution is -2.37. The Hall–Kier alpha value is -1.59. The van der Waals surface area contributed by atoms with Gasteiger partial charge < -0.3 is 20.1 Å². The lowest BCUT2D eigenvalue weighted by Gasteiger charge is -2.32. The second-order valence-corrected chi connectivity index (χ2v) is 6.03. The van der Waals surface area contributed by atoms with E-state index in [4.69, 9.17) is 4.74 Å². The molecule has 1 aromatic carbocycles. The van der Waals surface area contributed by atoms with Gasteiger partial charge in [-0.25, -0.2) is 0 Å². The van der Waals surface area contributed by atoms with Gasteiger partial charge in [-0.3, -0.25) is 4.79 Å². The molecule has 0 bridgehead atoms. The number of aliphatic hydroxyl groups is 1. The van der Waals surface area contributed by atoms with Crippen molar-refractivity contribution in [2.45, 2.75) is 32.3 Å². The number of aliphatic hydroxyl groups excluding tert-OH is 1. The van der Waals surface area contributed by atoms with Gasteiger partial charge in [0.05, 0.1) is 18.3 Å². The first kappa shape index (κ1) is 15.3. The molecule has 120 valence electrons. The van der Waals surface area contributed by atoms with Crippen LogP contribution in [0.5, 0.6) is 5.75 Å². The van der Waals surface area contributed by atoms with Crippen LogP contribution in [-0.4, -0.2) is 37.3 Å². The highest BCUT2D eigenvalue weighted by molar-refractivity contribution is 5.95. The SMILES string of the molecule is CCC(=O)N1CCOc2ccc(C(O)C3CCCNC3)cc21. The van der Waals surface area contributed by atoms with Gasteiger partial charge in [-0.2, -0.15) is 0 Å². The number of rotatable bonds is 3. The van der Waals surface area contributed by atoms with Crippen LogP contribution in [0.4, 0.5) is 5.69 Å². The van der Waals surface area contributed by atoms with E-state index in [1.807, 2.05) is 25.1 Å². The molecular formula is C17H24N2O3. The van der Waals surface area contributed by atoms with Crippen LogP contribution in [0.3, 0.4) is 0 Å². The van der Waals surface area contributed by atoms with Crippen LogP contribution in [0.2, 0.25) is 0 Å². The van der Waals surface area contributed by atoms with Gasteiger partial charge in [-0.05, 0) is 37.1 Å². The van der Waals surface area contributed by atoms with Gasteiger partial charge in [0.2, 0.25) is 5.91 Å². The van der Waals surface area contributed by atoms with Gasteiger partial charge in [0.1, 0.15) is 12.4 Å². The predicted octanol–water partition coefficient (Wildman–Crippen LogP) is 1.85. The van der Waals surface area contributed by atoms with Crippen LogP contribution in [-0.2, 0) is 4.79 Å². The third kappa shape index (κ3) is 2.96. The predicted molar refractivity (Wildman–Crippen MR) is 85.1 cm³/mol. The molecule has 2 unspecified atom stereocenters. The molecule has 1 fully saturated rings. The average molecular weight is 304 g/mol. The maximum absolute atomic E-state index is 12.1. The van der Waals surface area contributed by atoms with Crippen LogP contribution in [0.25, 0.3) is 0 Å². The Morgan fingerprint density at radius 3 is 3.14 bits per heavy atom. The van der Waals surface area contributed by atoms with Crippen molar-refractivity contribution in [3.63, 3.8) is 0 Å². The van der Waals surface area contributed by atoms with Crippen molar-refractivity contribution in [1.29, 1.82) is 0 Å². The molecule has 2 atom stereocenters. The fourth-order valence-electron chi connectivity index (χ4n) is 3.29. The van der Waals surface area contributed by atoms with E-state index >= 15 is 0 Å². The first-order valence-electron chi connectivity index (χ1n) is 8.16. The smallest absolute Gasteiger partial charge is 0.226 e. The van der Waals surface area contributed by atoms with Gasteiger partial charge in [0.25, 0.3) is 0 Å². The van der Waals surface area contributed by atoms with Gasteiger partial charge in [0, 0.05) is 18.9 Å². The molecule has 1 saturated heterocycles. The highest BCUT2D eigenvalue weighted by Crippen LogP contribution is 2.36. The number of nitrogens with zero attached hydrogens (tertiary/aromatic N) is 1. The zero-order chi connectivity index (χ0) is 15.5. The first-order valence-corrected chi connectivity index (χ1v) is 8.16. The average Bonchev–Trinajstić information content (AvgIpc) is 2.60. The Morgan fingerprint density at radius 2 is 2.41 bits per heavy atom. The molecule has 1 amide bonds. The summed E-state index contributed by atoms with van der Waals surface area (Å²) in [5.74, 6) is 1.05. The zero-order valence-corrected chi connectivity index (χ0v) is 13.0. The normalized spacial score (nSPS) is 22.6. The molecular weight excluding hydrogens is 280 g/mol. The van der Waals surface area contributed by atoms with E-state index in [0.717, 1.165) is 42.9 Å². The van der Waals surface area contributed by atoms with Crippen molar-refractivity contribution < 1.29 is 14.6 Å². The van der Waals surface area contributed by atoms with Crippen molar-refractivity contribution in [2.75, 3.05) is 31.1 Å². The van der Waals surface area contributed by atoms with Gasteiger partial charge in [-0.1, -0.05) is 13.0 Å². The first-order chi connectivity index (χ1) is 10.7. The van der Waals surface area contributed by atoms with Crippen LogP contribution in [0, 0.1) is 5.92 Å². The second kappa shape index (κ2) is 6.67. The molecule has 0 aromatic heterocycles. The van der Waals surface area contributed by atoms with E-state index in [1.165, 1.54) is 0 Å². The minimum Gasteiger partial charge on any atom is -0.490 e. The Balaban J connectivity index is 1.86. The van der Waals surface area contributed by atoms with E-state index < -0.39 is 6.10 Å². The maximum atomic E-state index is 12.1. The van der Waals surface area contributed by atoms with E-state index in [1.54, 1.807) is 4.90 Å². The number of anilines is 1. The van der Waals surface area contributed by atoms with Crippen LogP contribution in [0.1, 0.15) is 37.9 Å². The summed E-state index contributed by atoms with van der Waals surface area (Å²) in [5.41, 5.74) is 1.66. The molecule has 2 aliphatic rings. The molecule has 0 radical (unpaired) electrons. The number of carbonyl (C=O) groups excluding carboxylic acids is 1. The zero-order valence-electron chi connectivity index (χ0n) is 13.0. The summed E-state index contributed by atoms with van der Waals surface area (Å²) in [7, 11) is 0. The number of hydrogen-bond acceptors (Lipinski definition) is 4. The maximum Gasteiger partial charge on any atom is 0.226 e. The monoisotopic (exact) mass is 304 g/mol. The van der Waals surface area contributed by atoms with Crippen molar-refractivity contribution in [2.24, 2.45) is 5.92 Å². The Bertz CT molecular complexity index is 541. The lowest BCUT2D eigenvalue weighted by atomic mass is 9.89. The number of fused-ring (bicyclic) bond motifs is 1. The van der Waals surface area contributed by atoms with E-state index in [2.05, 4.69) is 5.32 Å². The van der Waals surface area contributed by atoms with E-state index in [9.17, 15) is 9.90 Å². The fraction of sp³-hybridized carbons (Fsp3) is 0.588. The highest BCUT2D eigenvalue weighted by Gasteiger charge is 2.27. The van der Waals surface area contributed by atoms with Gasteiger partial charge in [0.15, 0.2) is 0 Å². The van der Waals surface area contributed by atoms with Gasteiger partial charge >= 0.3 is 0 Å². The van der Waals surface area contributed by atoms with Gasteiger partial charge in [-0.15, -0.1) is 0 Å². The standard InChI is InChI=1S/C17H24N2O3/c1-2-16(20)19-8-9-22-15-6-5-12(10-14(15)19)17(21)13-4-3-7-18-11-13/h5-6,10,13,17-18,21H,2-4,7-9,11H2,1H3. The molecule has 2 aliphatic heterocycles. The number of amides is 1. The van der Waals surface area contributed by atoms with Crippen molar-refractivity contribution in [3.8, 4) is 5.75 Å². The summed E-state index contributed by atoms with van der Waals surface area (Å²) >= 11 is 0. The molecule has 1 aromatic rings. The minimum absolute atomic E-state index is 0.0931. The molecule has 0 aliphatic carbocycles. The number of ether oxygens (including phenoxy) is 1. The third-order valence-electron chi connectivity index (χ3n) is 4.57. The minimum atomic E-state index is -0.501. The molecule has 5 nitrogen and oxygen atoms in total. The Morgan fingerprint density at radius 1 is 1.55 bits per heavy atom. The molecule has 22 heavy (non-hydrogen) atoms. The van der Waals surface area contributed by atoms with Crippen molar-refractivity contribution >= 4 is 11.6 Å². The summed E-state index contributed by atoms with van der Waals surface area (Å²) in [4.78, 5) is 13.9. The van der Waals surface area contributed by atoms with Crippen molar-refractivity contribution in [3.05, 3.63) is 23.8 Å². The number of benzene rings is 1. The van der Waals surface area contributed by atoms with Crippen LogP contribution < -0.4 is 15.0 Å². The summed E-state index contributed by atoms with van der Waals surface area (Å²) in [5, 5.41) is 14.0. The quantitative estimate of drug-likeness (QED) is 0.895. The molecule has 2 heterocycles. The molecule has 0 spiro atoms. The second-order valence-electron chi connectivity index (χ2n) is 6.03.